The third-order valence-electron chi connectivity index (χ3n) is 4.43. The van der Waals surface area contributed by atoms with Crippen molar-refractivity contribution in [2.75, 3.05) is 5.32 Å². The zero-order valence-corrected chi connectivity index (χ0v) is 18.9. The number of carbonyl (C=O) groups excluding carboxylic acids is 1. The van der Waals surface area contributed by atoms with Gasteiger partial charge in [0.1, 0.15) is 5.75 Å². The molecule has 0 aliphatic heterocycles. The Hall–Kier alpha value is -3.18. The van der Waals surface area contributed by atoms with E-state index in [1.807, 2.05) is 6.07 Å². The molecular weight excluding hydrogens is 461 g/mol. The highest BCUT2D eigenvalue weighted by Gasteiger charge is 2.23. The summed E-state index contributed by atoms with van der Waals surface area (Å²) in [6.07, 6.45) is -0.453. The summed E-state index contributed by atoms with van der Waals surface area (Å²) in [7, 11) is 1.75. The van der Waals surface area contributed by atoms with Crippen LogP contribution >= 0.6 is 23.4 Å². The van der Waals surface area contributed by atoms with Crippen molar-refractivity contribution >= 4 is 40.6 Å². The first-order valence-corrected chi connectivity index (χ1v) is 10.6. The number of para-hydroxylation sites is 1. The van der Waals surface area contributed by atoms with Crippen LogP contribution in [0.15, 0.2) is 47.6 Å². The minimum Gasteiger partial charge on any atom is -0.481 e. The molecule has 9 nitrogen and oxygen atoms in total. The van der Waals surface area contributed by atoms with Crippen molar-refractivity contribution in [3.63, 3.8) is 0 Å². The Balaban J connectivity index is 1.66. The lowest BCUT2D eigenvalue weighted by Gasteiger charge is -2.16. The summed E-state index contributed by atoms with van der Waals surface area (Å²) in [5.74, 6) is -0.356. The topological polar surface area (TPSA) is 112 Å². The van der Waals surface area contributed by atoms with Crippen LogP contribution in [-0.2, 0) is 11.8 Å². The van der Waals surface area contributed by atoms with Crippen LogP contribution in [0.1, 0.15) is 25.8 Å². The van der Waals surface area contributed by atoms with Crippen molar-refractivity contribution < 1.29 is 18.8 Å². The minimum absolute atomic E-state index is 0.121. The Morgan fingerprint density at radius 1 is 1.28 bits per heavy atom. The van der Waals surface area contributed by atoms with Crippen molar-refractivity contribution in [1.82, 2.24) is 14.8 Å². The maximum absolute atomic E-state index is 13.5. The molecule has 168 valence electrons. The second-order valence-corrected chi connectivity index (χ2v) is 8.48. The molecule has 0 saturated carbocycles. The van der Waals surface area contributed by atoms with Gasteiger partial charge in [-0.2, -0.15) is 4.39 Å². The number of thioether (sulfide) groups is 1. The number of halogens is 2. The Bertz CT molecular complexity index is 1160. The van der Waals surface area contributed by atoms with E-state index >= 15 is 0 Å². The molecule has 1 amide bonds. The highest BCUT2D eigenvalue weighted by atomic mass is 35.5. The van der Waals surface area contributed by atoms with E-state index in [0.29, 0.717) is 21.8 Å². The molecule has 0 fully saturated rings. The summed E-state index contributed by atoms with van der Waals surface area (Å²) < 4.78 is 21.1. The van der Waals surface area contributed by atoms with Gasteiger partial charge in [-0.3, -0.25) is 14.9 Å². The molecule has 2 aromatic carbocycles. The van der Waals surface area contributed by atoms with Gasteiger partial charge in [0, 0.05) is 18.8 Å². The van der Waals surface area contributed by atoms with Crippen LogP contribution in [0.5, 0.6) is 5.75 Å². The first kappa shape index (κ1) is 23.5. The lowest BCUT2D eigenvalue weighted by Crippen LogP contribution is -2.23. The van der Waals surface area contributed by atoms with Gasteiger partial charge < -0.3 is 14.6 Å². The predicted octanol–water partition coefficient (Wildman–Crippen LogP) is 4.78. The first-order valence-electron chi connectivity index (χ1n) is 9.39. The van der Waals surface area contributed by atoms with Gasteiger partial charge in [-0.1, -0.05) is 35.5 Å². The highest BCUT2D eigenvalue weighted by Crippen LogP contribution is 2.30. The maximum Gasteiger partial charge on any atom is 0.306 e. The van der Waals surface area contributed by atoms with Gasteiger partial charge in [-0.15, -0.1) is 10.2 Å². The van der Waals surface area contributed by atoms with Crippen molar-refractivity contribution in [2.24, 2.45) is 7.05 Å². The fraction of sp³-hybridized carbons (Fsp3) is 0.250. The second kappa shape index (κ2) is 9.96. The molecule has 0 spiro atoms. The lowest BCUT2D eigenvalue weighted by atomic mass is 10.2. The number of anilines is 1. The van der Waals surface area contributed by atoms with E-state index in [2.05, 4.69) is 15.5 Å². The Labute approximate surface area is 192 Å². The summed E-state index contributed by atoms with van der Waals surface area (Å²) in [5, 5.41) is 22.0. The number of carbonyl (C=O) groups is 1. The molecule has 0 radical (unpaired) electrons. The summed E-state index contributed by atoms with van der Waals surface area (Å²) in [5.41, 5.74) is -0.593. The number of amides is 1. The number of hydrogen-bond donors (Lipinski definition) is 1. The fourth-order valence-corrected chi connectivity index (χ4v) is 3.75. The highest BCUT2D eigenvalue weighted by molar-refractivity contribution is 8.00. The predicted molar refractivity (Wildman–Crippen MR) is 119 cm³/mol. The molecule has 0 bridgehead atoms. The molecule has 32 heavy (non-hydrogen) atoms. The zero-order valence-electron chi connectivity index (χ0n) is 17.3. The van der Waals surface area contributed by atoms with E-state index in [-0.39, 0.29) is 5.69 Å². The number of aromatic nitrogens is 3. The first-order chi connectivity index (χ1) is 15.2. The number of nitro benzene ring substituents is 1. The summed E-state index contributed by atoms with van der Waals surface area (Å²) in [4.78, 5) is 22.5. The van der Waals surface area contributed by atoms with Crippen LogP contribution < -0.4 is 10.1 Å². The smallest absolute Gasteiger partial charge is 0.306 e. The van der Waals surface area contributed by atoms with E-state index in [1.54, 1.807) is 43.7 Å². The lowest BCUT2D eigenvalue weighted by molar-refractivity contribution is -0.387. The van der Waals surface area contributed by atoms with Crippen LogP contribution in [0.2, 0.25) is 5.02 Å². The molecule has 0 saturated heterocycles. The molecule has 2 unspecified atom stereocenters. The Kier molecular flexibility index (Phi) is 7.31. The fourth-order valence-electron chi connectivity index (χ4n) is 2.75. The molecular formula is C20H19ClFN5O4S. The average molecular weight is 480 g/mol. The number of benzene rings is 2. The molecule has 0 aliphatic rings. The molecule has 3 rings (SSSR count). The minimum atomic E-state index is -0.977. The zero-order chi connectivity index (χ0) is 23.4. The molecule has 12 heteroatoms. The van der Waals surface area contributed by atoms with Crippen molar-refractivity contribution in [1.29, 1.82) is 0 Å². The van der Waals surface area contributed by atoms with Crippen LogP contribution in [0.4, 0.5) is 15.8 Å². The normalized spacial score (nSPS) is 12.8. The number of hydrogen-bond acceptors (Lipinski definition) is 7. The van der Waals surface area contributed by atoms with Crippen LogP contribution in [0.25, 0.3) is 0 Å². The Morgan fingerprint density at radius 2 is 2.00 bits per heavy atom. The number of rotatable bonds is 8. The number of ether oxygens (including phenoxy) is 1. The van der Waals surface area contributed by atoms with Gasteiger partial charge in [0.2, 0.25) is 11.7 Å². The van der Waals surface area contributed by atoms with Crippen molar-refractivity contribution in [3.05, 3.63) is 69.2 Å². The van der Waals surface area contributed by atoms with E-state index in [9.17, 15) is 19.3 Å². The van der Waals surface area contributed by atoms with E-state index in [1.165, 1.54) is 6.07 Å². The average Bonchev–Trinajstić information content (AvgIpc) is 3.11. The monoisotopic (exact) mass is 479 g/mol. The third kappa shape index (κ3) is 5.35. The second-order valence-electron chi connectivity index (χ2n) is 6.76. The molecule has 1 heterocycles. The summed E-state index contributed by atoms with van der Waals surface area (Å²) in [6, 6.07) is 10.2. The molecule has 3 aromatic rings. The van der Waals surface area contributed by atoms with E-state index in [4.69, 9.17) is 16.3 Å². The standard InChI is InChI=1S/C20H19ClFN5O4S/c1-11(31-17-7-5-4-6-14(17)21)18-24-25-20(26(18)3)32-12(2)19(28)23-13-8-9-15(22)16(10-13)27(29)30/h4-12H,1-3H3,(H,23,28). The van der Waals surface area contributed by atoms with Crippen LogP contribution in [0, 0.1) is 15.9 Å². The Morgan fingerprint density at radius 3 is 2.69 bits per heavy atom. The van der Waals surface area contributed by atoms with Gasteiger partial charge in [0.05, 0.1) is 15.2 Å². The quantitative estimate of drug-likeness (QED) is 0.281. The molecule has 2 atom stereocenters. The van der Waals surface area contributed by atoms with Gasteiger partial charge in [0.15, 0.2) is 17.1 Å². The molecule has 1 N–H and O–H groups in total. The maximum atomic E-state index is 13.5. The molecule has 0 aliphatic carbocycles. The van der Waals surface area contributed by atoms with Gasteiger partial charge >= 0.3 is 5.69 Å². The number of nitrogens with zero attached hydrogens (tertiary/aromatic N) is 4. The number of nitrogens with one attached hydrogen (secondary N) is 1. The summed E-state index contributed by atoms with van der Waals surface area (Å²) in [6.45, 7) is 3.45. The van der Waals surface area contributed by atoms with E-state index in [0.717, 1.165) is 23.9 Å². The van der Waals surface area contributed by atoms with Crippen molar-refractivity contribution in [2.45, 2.75) is 30.4 Å². The summed E-state index contributed by atoms with van der Waals surface area (Å²) >= 11 is 7.28. The van der Waals surface area contributed by atoms with Gasteiger partial charge in [-0.05, 0) is 38.1 Å². The van der Waals surface area contributed by atoms with Gasteiger partial charge in [-0.25, -0.2) is 0 Å². The number of nitro groups is 1. The SMILES string of the molecule is CC(Sc1nnc(C(C)Oc2ccccc2Cl)n1C)C(=O)Nc1ccc(F)c([N+](=O)[O-])c1. The third-order valence-corrected chi connectivity index (χ3v) is 5.88. The van der Waals surface area contributed by atoms with Crippen LogP contribution in [0.3, 0.4) is 0 Å². The van der Waals surface area contributed by atoms with Crippen LogP contribution in [-0.4, -0.2) is 30.8 Å². The van der Waals surface area contributed by atoms with Crippen molar-refractivity contribution in [3.8, 4) is 5.75 Å². The van der Waals surface area contributed by atoms with Gasteiger partial charge in [0.25, 0.3) is 0 Å². The largest absolute Gasteiger partial charge is 0.481 e. The van der Waals surface area contributed by atoms with E-state index < -0.39 is 33.7 Å². The molecule has 1 aromatic heterocycles.